The van der Waals surface area contributed by atoms with Crippen molar-refractivity contribution in [3.63, 3.8) is 0 Å². The van der Waals surface area contributed by atoms with Crippen LogP contribution >= 0.6 is 11.6 Å². The number of aromatic nitrogens is 1. The van der Waals surface area contributed by atoms with Gasteiger partial charge in [0, 0.05) is 24.3 Å². The number of carbonyl (C=O) groups is 2. The van der Waals surface area contributed by atoms with E-state index < -0.39 is 0 Å². The summed E-state index contributed by atoms with van der Waals surface area (Å²) in [6, 6.07) is 11.3. The van der Waals surface area contributed by atoms with Crippen LogP contribution in [0.25, 0.3) is 0 Å². The summed E-state index contributed by atoms with van der Waals surface area (Å²) in [5.41, 5.74) is 1.93. The SMILES string of the molecule is N#CC1CCCN(C(=O)c2cnc3c(c2)N(Cc2ccc(Cl)cc2)C(=O)CN3)C1. The number of nitrogens with one attached hydrogen (secondary N) is 1. The number of rotatable bonds is 3. The van der Waals surface area contributed by atoms with Gasteiger partial charge in [-0.05, 0) is 36.6 Å². The number of pyridine rings is 1. The van der Waals surface area contributed by atoms with Crippen LogP contribution in [0.4, 0.5) is 11.5 Å². The van der Waals surface area contributed by atoms with Gasteiger partial charge in [-0.1, -0.05) is 23.7 Å². The first-order valence-corrected chi connectivity index (χ1v) is 9.90. The van der Waals surface area contributed by atoms with Crippen LogP contribution < -0.4 is 10.2 Å². The predicted octanol–water partition coefficient (Wildman–Crippen LogP) is 3.07. The number of nitrogens with zero attached hydrogens (tertiary/aromatic N) is 4. The van der Waals surface area contributed by atoms with E-state index in [1.807, 2.05) is 12.1 Å². The molecule has 1 saturated heterocycles. The van der Waals surface area contributed by atoms with E-state index in [4.69, 9.17) is 11.6 Å². The van der Waals surface area contributed by atoms with Gasteiger partial charge in [-0.25, -0.2) is 4.98 Å². The summed E-state index contributed by atoms with van der Waals surface area (Å²) in [7, 11) is 0. The molecule has 1 aromatic carbocycles. The molecule has 0 bridgehead atoms. The number of halogens is 1. The van der Waals surface area contributed by atoms with Crippen molar-refractivity contribution >= 4 is 34.9 Å². The molecule has 0 aliphatic carbocycles. The largest absolute Gasteiger partial charge is 0.359 e. The van der Waals surface area contributed by atoms with Crippen LogP contribution in [0, 0.1) is 17.2 Å². The first kappa shape index (κ1) is 19.2. The first-order valence-electron chi connectivity index (χ1n) is 9.53. The van der Waals surface area contributed by atoms with Crippen LogP contribution in [0.5, 0.6) is 0 Å². The molecule has 0 radical (unpaired) electrons. The summed E-state index contributed by atoms with van der Waals surface area (Å²) in [5.74, 6) is 0.178. The van der Waals surface area contributed by atoms with Crippen LogP contribution in [0.2, 0.25) is 5.02 Å². The maximum absolute atomic E-state index is 13.0. The third-order valence-corrected chi connectivity index (χ3v) is 5.51. The third kappa shape index (κ3) is 4.03. The van der Waals surface area contributed by atoms with E-state index in [-0.39, 0.29) is 24.3 Å². The molecule has 1 unspecified atom stereocenters. The van der Waals surface area contributed by atoms with Crippen LogP contribution in [0.15, 0.2) is 36.5 Å². The second-order valence-corrected chi connectivity index (χ2v) is 7.71. The van der Waals surface area contributed by atoms with Gasteiger partial charge in [0.1, 0.15) is 0 Å². The van der Waals surface area contributed by atoms with Crippen LogP contribution in [-0.2, 0) is 11.3 Å². The summed E-state index contributed by atoms with van der Waals surface area (Å²) >= 11 is 5.95. The van der Waals surface area contributed by atoms with Gasteiger partial charge in [0.15, 0.2) is 5.82 Å². The smallest absolute Gasteiger partial charge is 0.255 e. The fourth-order valence-corrected chi connectivity index (χ4v) is 3.82. The van der Waals surface area contributed by atoms with Crippen molar-refractivity contribution in [1.29, 1.82) is 5.26 Å². The topological polar surface area (TPSA) is 89.3 Å². The molecule has 8 heteroatoms. The summed E-state index contributed by atoms with van der Waals surface area (Å²) < 4.78 is 0. The molecule has 2 aliphatic rings. The zero-order valence-electron chi connectivity index (χ0n) is 15.8. The van der Waals surface area contributed by atoms with E-state index in [0.717, 1.165) is 18.4 Å². The van der Waals surface area contributed by atoms with Gasteiger partial charge in [-0.3, -0.25) is 9.59 Å². The highest BCUT2D eigenvalue weighted by atomic mass is 35.5. The molecule has 4 rings (SSSR count). The molecule has 1 atom stereocenters. The summed E-state index contributed by atoms with van der Waals surface area (Å²) in [5, 5.41) is 12.8. The number of benzene rings is 1. The Labute approximate surface area is 173 Å². The molecule has 29 heavy (non-hydrogen) atoms. The van der Waals surface area contributed by atoms with E-state index in [9.17, 15) is 14.9 Å². The number of piperidine rings is 1. The van der Waals surface area contributed by atoms with Crippen molar-refractivity contribution in [3.05, 3.63) is 52.7 Å². The van der Waals surface area contributed by atoms with Gasteiger partial charge in [-0.2, -0.15) is 5.26 Å². The number of fused-ring (bicyclic) bond motifs is 1. The Bertz CT molecular complexity index is 986. The van der Waals surface area contributed by atoms with Gasteiger partial charge < -0.3 is 15.1 Å². The molecule has 7 nitrogen and oxygen atoms in total. The lowest BCUT2D eigenvalue weighted by Gasteiger charge is -2.32. The molecule has 3 heterocycles. The molecular formula is C21H20ClN5O2. The molecule has 0 spiro atoms. The normalized spacial score (nSPS) is 18.6. The lowest BCUT2D eigenvalue weighted by Crippen LogP contribution is -2.41. The van der Waals surface area contributed by atoms with E-state index in [1.165, 1.54) is 6.20 Å². The zero-order valence-corrected chi connectivity index (χ0v) is 16.5. The number of anilines is 2. The van der Waals surface area contributed by atoms with Crippen molar-refractivity contribution in [3.8, 4) is 6.07 Å². The molecule has 1 aromatic heterocycles. The van der Waals surface area contributed by atoms with Crippen LogP contribution in [0.3, 0.4) is 0 Å². The fourth-order valence-electron chi connectivity index (χ4n) is 3.70. The molecular weight excluding hydrogens is 390 g/mol. The van der Waals surface area contributed by atoms with Gasteiger partial charge in [-0.15, -0.1) is 0 Å². The van der Waals surface area contributed by atoms with Gasteiger partial charge in [0.2, 0.25) is 5.91 Å². The summed E-state index contributed by atoms with van der Waals surface area (Å²) in [4.78, 5) is 33.2. The molecule has 0 saturated carbocycles. The monoisotopic (exact) mass is 409 g/mol. The van der Waals surface area contributed by atoms with Crippen molar-refractivity contribution in [2.24, 2.45) is 5.92 Å². The molecule has 2 amide bonds. The number of likely N-dealkylation sites (tertiary alicyclic amines) is 1. The maximum Gasteiger partial charge on any atom is 0.255 e. The van der Waals surface area contributed by atoms with E-state index in [1.54, 1.807) is 28.0 Å². The minimum atomic E-state index is -0.162. The van der Waals surface area contributed by atoms with Crippen molar-refractivity contribution in [2.45, 2.75) is 19.4 Å². The van der Waals surface area contributed by atoms with Gasteiger partial charge in [0.25, 0.3) is 5.91 Å². The summed E-state index contributed by atoms with van der Waals surface area (Å²) in [6.45, 7) is 1.57. The minimum Gasteiger partial charge on any atom is -0.359 e. The number of hydrogen-bond donors (Lipinski definition) is 1. The second kappa shape index (κ2) is 8.10. The summed E-state index contributed by atoms with van der Waals surface area (Å²) in [6.07, 6.45) is 3.15. The highest BCUT2D eigenvalue weighted by Gasteiger charge is 2.29. The Hall–Kier alpha value is -3.11. The Morgan fingerprint density at radius 2 is 2.14 bits per heavy atom. The molecule has 1 fully saturated rings. The zero-order chi connectivity index (χ0) is 20.4. The Kier molecular flexibility index (Phi) is 5.36. The number of amides is 2. The van der Waals surface area contributed by atoms with Crippen molar-refractivity contribution in [1.82, 2.24) is 9.88 Å². The molecule has 2 aromatic rings. The first-order chi connectivity index (χ1) is 14.0. The lowest BCUT2D eigenvalue weighted by molar-refractivity contribution is -0.117. The van der Waals surface area contributed by atoms with Gasteiger partial charge in [0.05, 0.1) is 36.3 Å². The Morgan fingerprint density at radius 3 is 2.90 bits per heavy atom. The van der Waals surface area contributed by atoms with E-state index >= 15 is 0 Å². The molecule has 2 aliphatic heterocycles. The Balaban J connectivity index is 1.61. The number of nitriles is 1. The predicted molar refractivity (Wildman–Crippen MR) is 110 cm³/mol. The lowest BCUT2D eigenvalue weighted by atomic mass is 9.99. The second-order valence-electron chi connectivity index (χ2n) is 7.27. The highest BCUT2D eigenvalue weighted by Crippen LogP contribution is 2.31. The minimum absolute atomic E-state index is 0.0960. The number of carbonyl (C=O) groups excluding carboxylic acids is 2. The van der Waals surface area contributed by atoms with Crippen LogP contribution in [0.1, 0.15) is 28.8 Å². The average molecular weight is 410 g/mol. The molecule has 1 N–H and O–H groups in total. The molecule has 148 valence electrons. The standard InChI is InChI=1S/C21H20ClN5O2/c22-17-5-3-14(4-6-17)13-27-18-8-16(10-24-20(18)25-11-19(27)28)21(29)26-7-1-2-15(9-23)12-26/h3-6,8,10,15H,1-2,7,11-13H2,(H,24,25). The van der Waals surface area contributed by atoms with Crippen molar-refractivity contribution < 1.29 is 9.59 Å². The Morgan fingerprint density at radius 1 is 1.34 bits per heavy atom. The van der Waals surface area contributed by atoms with E-state index in [2.05, 4.69) is 16.4 Å². The number of hydrogen-bond acceptors (Lipinski definition) is 5. The highest BCUT2D eigenvalue weighted by molar-refractivity contribution is 6.30. The maximum atomic E-state index is 13.0. The van der Waals surface area contributed by atoms with Crippen molar-refractivity contribution in [2.75, 3.05) is 29.9 Å². The van der Waals surface area contributed by atoms with Crippen LogP contribution in [-0.4, -0.2) is 41.3 Å². The van der Waals surface area contributed by atoms with E-state index in [0.29, 0.717) is 41.7 Å². The third-order valence-electron chi connectivity index (χ3n) is 5.26. The average Bonchev–Trinajstić information content (AvgIpc) is 2.76. The fraction of sp³-hybridized carbons (Fsp3) is 0.333. The quantitative estimate of drug-likeness (QED) is 0.841. The van der Waals surface area contributed by atoms with Gasteiger partial charge >= 0.3 is 0 Å².